The van der Waals surface area contributed by atoms with Crippen LogP contribution in [0.1, 0.15) is 6.92 Å². The van der Waals surface area contributed by atoms with Crippen LogP contribution in [0.4, 0.5) is 11.8 Å². The summed E-state index contributed by atoms with van der Waals surface area (Å²) >= 11 is 0. The number of fused-ring (bicyclic) bond motifs is 1. The van der Waals surface area contributed by atoms with Crippen LogP contribution in [0.5, 0.6) is 0 Å². The zero-order valence-corrected chi connectivity index (χ0v) is 12.9. The monoisotopic (exact) mass is 310 g/mol. The topological polar surface area (TPSA) is 84.7 Å². The van der Waals surface area contributed by atoms with Gasteiger partial charge in [0.15, 0.2) is 0 Å². The van der Waals surface area contributed by atoms with Crippen LogP contribution in [-0.2, 0) is 6.54 Å². The van der Waals surface area contributed by atoms with Crippen LogP contribution in [0, 0.1) is 0 Å². The van der Waals surface area contributed by atoms with E-state index in [0.717, 1.165) is 17.7 Å². The van der Waals surface area contributed by atoms with Crippen LogP contribution in [0.2, 0.25) is 0 Å². The van der Waals surface area contributed by atoms with Crippen LogP contribution >= 0.6 is 0 Å². The van der Waals surface area contributed by atoms with E-state index in [-0.39, 0.29) is 5.56 Å². The highest BCUT2D eigenvalue weighted by Crippen LogP contribution is 2.07. The second-order valence-corrected chi connectivity index (χ2v) is 4.98. The van der Waals surface area contributed by atoms with Crippen molar-refractivity contribution < 1.29 is 0 Å². The lowest BCUT2D eigenvalue weighted by Gasteiger charge is -2.08. The molecule has 0 unspecified atom stereocenters. The van der Waals surface area contributed by atoms with Gasteiger partial charge in [-0.3, -0.25) is 4.79 Å². The molecule has 0 saturated carbocycles. The molecule has 0 aliphatic rings. The first-order valence-corrected chi connectivity index (χ1v) is 7.53. The van der Waals surface area contributed by atoms with E-state index in [2.05, 4.69) is 25.7 Å². The summed E-state index contributed by atoms with van der Waals surface area (Å²) in [6, 6.07) is 9.25. The van der Waals surface area contributed by atoms with Gasteiger partial charge in [-0.05, 0) is 19.1 Å². The molecule has 1 aromatic carbocycles. The highest BCUT2D eigenvalue weighted by molar-refractivity contribution is 5.80. The predicted octanol–water partition coefficient (Wildman–Crippen LogP) is 1.73. The fourth-order valence-corrected chi connectivity index (χ4v) is 2.28. The standard InChI is InChI=1S/C16H18N6O/c1-2-17-14-7-8-18-16(21-14)19-9-10-22-15(23)13-6-4-3-5-12(13)11-20-22/h3-8,11H,2,9-10H2,1H3,(H2,17,18,19,21). The second-order valence-electron chi connectivity index (χ2n) is 4.98. The molecule has 3 aromatic rings. The minimum absolute atomic E-state index is 0.0905. The summed E-state index contributed by atoms with van der Waals surface area (Å²) in [4.78, 5) is 20.8. The molecular formula is C16H18N6O. The smallest absolute Gasteiger partial charge is 0.274 e. The zero-order chi connectivity index (χ0) is 16.1. The highest BCUT2D eigenvalue weighted by Gasteiger charge is 2.04. The molecule has 2 heterocycles. The predicted molar refractivity (Wildman–Crippen MR) is 90.7 cm³/mol. The van der Waals surface area contributed by atoms with Crippen molar-refractivity contribution in [2.75, 3.05) is 23.7 Å². The van der Waals surface area contributed by atoms with E-state index in [1.54, 1.807) is 12.4 Å². The lowest BCUT2D eigenvalue weighted by atomic mass is 10.2. The molecule has 23 heavy (non-hydrogen) atoms. The molecule has 7 nitrogen and oxygen atoms in total. The number of rotatable bonds is 6. The minimum atomic E-state index is -0.0905. The Kier molecular flexibility index (Phi) is 4.46. The molecular weight excluding hydrogens is 292 g/mol. The molecule has 3 rings (SSSR count). The molecule has 7 heteroatoms. The lowest BCUT2D eigenvalue weighted by molar-refractivity contribution is 0.603. The Morgan fingerprint density at radius 3 is 2.91 bits per heavy atom. The molecule has 0 amide bonds. The van der Waals surface area contributed by atoms with Gasteiger partial charge in [0.05, 0.1) is 18.1 Å². The van der Waals surface area contributed by atoms with E-state index in [0.29, 0.717) is 24.4 Å². The van der Waals surface area contributed by atoms with Crippen molar-refractivity contribution in [3.8, 4) is 0 Å². The van der Waals surface area contributed by atoms with Crippen molar-refractivity contribution in [2.45, 2.75) is 13.5 Å². The van der Waals surface area contributed by atoms with Gasteiger partial charge in [-0.25, -0.2) is 9.67 Å². The molecule has 0 atom stereocenters. The first-order chi connectivity index (χ1) is 11.3. The molecule has 0 radical (unpaired) electrons. The number of nitrogens with zero attached hydrogens (tertiary/aromatic N) is 4. The average molecular weight is 310 g/mol. The van der Waals surface area contributed by atoms with Gasteiger partial charge in [-0.15, -0.1) is 0 Å². The summed E-state index contributed by atoms with van der Waals surface area (Å²) in [5, 5.41) is 12.0. The molecule has 0 fully saturated rings. The molecule has 0 aliphatic heterocycles. The molecule has 0 spiro atoms. The van der Waals surface area contributed by atoms with Gasteiger partial charge in [0.1, 0.15) is 5.82 Å². The minimum Gasteiger partial charge on any atom is -0.370 e. The van der Waals surface area contributed by atoms with Gasteiger partial charge in [-0.1, -0.05) is 18.2 Å². The summed E-state index contributed by atoms with van der Waals surface area (Å²) in [7, 11) is 0. The maximum Gasteiger partial charge on any atom is 0.274 e. The average Bonchev–Trinajstić information content (AvgIpc) is 2.58. The van der Waals surface area contributed by atoms with Gasteiger partial charge < -0.3 is 10.6 Å². The summed E-state index contributed by atoms with van der Waals surface area (Å²) in [6.07, 6.45) is 3.40. The first kappa shape index (κ1) is 15.0. The van der Waals surface area contributed by atoms with Gasteiger partial charge in [0, 0.05) is 24.7 Å². The fourth-order valence-electron chi connectivity index (χ4n) is 2.28. The van der Waals surface area contributed by atoms with Crippen LogP contribution in [0.15, 0.2) is 47.5 Å². The van der Waals surface area contributed by atoms with Gasteiger partial charge in [0.25, 0.3) is 5.56 Å². The Hall–Kier alpha value is -2.96. The van der Waals surface area contributed by atoms with Crippen molar-refractivity contribution in [1.29, 1.82) is 0 Å². The first-order valence-electron chi connectivity index (χ1n) is 7.53. The molecule has 0 aliphatic carbocycles. The van der Waals surface area contributed by atoms with Crippen molar-refractivity contribution in [3.63, 3.8) is 0 Å². The molecule has 0 bridgehead atoms. The molecule has 2 N–H and O–H groups in total. The lowest BCUT2D eigenvalue weighted by Crippen LogP contribution is -2.26. The Bertz CT molecular complexity index is 860. The van der Waals surface area contributed by atoms with E-state index in [1.807, 2.05) is 37.3 Å². The van der Waals surface area contributed by atoms with E-state index in [9.17, 15) is 4.79 Å². The van der Waals surface area contributed by atoms with Crippen molar-refractivity contribution in [2.24, 2.45) is 0 Å². The van der Waals surface area contributed by atoms with E-state index < -0.39 is 0 Å². The summed E-state index contributed by atoms with van der Waals surface area (Å²) in [5.74, 6) is 1.29. The summed E-state index contributed by atoms with van der Waals surface area (Å²) in [6.45, 7) is 3.76. The van der Waals surface area contributed by atoms with Gasteiger partial charge in [-0.2, -0.15) is 10.1 Å². The van der Waals surface area contributed by atoms with Gasteiger partial charge in [0.2, 0.25) is 5.95 Å². The number of benzene rings is 1. The number of hydrogen-bond donors (Lipinski definition) is 2. The van der Waals surface area contributed by atoms with Crippen LogP contribution < -0.4 is 16.2 Å². The van der Waals surface area contributed by atoms with Crippen LogP contribution in [0.3, 0.4) is 0 Å². The maximum atomic E-state index is 12.3. The third-order valence-corrected chi connectivity index (χ3v) is 3.38. The third-order valence-electron chi connectivity index (χ3n) is 3.38. The van der Waals surface area contributed by atoms with Crippen molar-refractivity contribution >= 4 is 22.5 Å². The highest BCUT2D eigenvalue weighted by atomic mass is 16.1. The van der Waals surface area contributed by atoms with E-state index in [1.165, 1.54) is 4.68 Å². The Balaban J connectivity index is 1.68. The Morgan fingerprint density at radius 1 is 1.17 bits per heavy atom. The zero-order valence-electron chi connectivity index (χ0n) is 12.9. The fraction of sp³-hybridized carbons (Fsp3) is 0.250. The third kappa shape index (κ3) is 3.45. The quantitative estimate of drug-likeness (QED) is 0.721. The summed E-state index contributed by atoms with van der Waals surface area (Å²) in [5.41, 5.74) is -0.0905. The van der Waals surface area contributed by atoms with Crippen molar-refractivity contribution in [3.05, 3.63) is 53.1 Å². The number of aromatic nitrogens is 4. The Labute approximate surface area is 133 Å². The van der Waals surface area contributed by atoms with Gasteiger partial charge >= 0.3 is 0 Å². The van der Waals surface area contributed by atoms with Crippen LogP contribution in [-0.4, -0.2) is 32.8 Å². The number of anilines is 2. The molecule has 2 aromatic heterocycles. The largest absolute Gasteiger partial charge is 0.370 e. The van der Waals surface area contributed by atoms with E-state index >= 15 is 0 Å². The Morgan fingerprint density at radius 2 is 2.04 bits per heavy atom. The number of hydrogen-bond acceptors (Lipinski definition) is 6. The van der Waals surface area contributed by atoms with E-state index in [4.69, 9.17) is 0 Å². The van der Waals surface area contributed by atoms with Crippen LogP contribution in [0.25, 0.3) is 10.8 Å². The maximum absolute atomic E-state index is 12.3. The number of nitrogens with one attached hydrogen (secondary N) is 2. The SMILES string of the molecule is CCNc1ccnc(NCCn2ncc3ccccc3c2=O)n1. The molecule has 118 valence electrons. The summed E-state index contributed by atoms with van der Waals surface area (Å²) < 4.78 is 1.45. The molecule has 0 saturated heterocycles. The van der Waals surface area contributed by atoms with Crippen molar-refractivity contribution in [1.82, 2.24) is 19.7 Å². The normalized spacial score (nSPS) is 10.7. The second kappa shape index (κ2) is 6.87.